The number of carbonyl (C=O) groups is 2. The Kier molecular flexibility index (Phi) is 4.95. The molecule has 1 aromatic heterocycles. The predicted molar refractivity (Wildman–Crippen MR) is 66.6 cm³/mol. The molecule has 2 N–H and O–H groups in total. The molecule has 0 aliphatic carbocycles. The van der Waals surface area contributed by atoms with E-state index in [1.807, 2.05) is 6.92 Å². The van der Waals surface area contributed by atoms with Crippen LogP contribution >= 0.6 is 0 Å². The van der Waals surface area contributed by atoms with E-state index in [0.717, 1.165) is 12.8 Å². The zero-order valence-corrected chi connectivity index (χ0v) is 10.9. The molecule has 5 nitrogen and oxygen atoms in total. The second-order valence-electron chi connectivity index (χ2n) is 4.38. The number of hydrogen-bond acceptors (Lipinski definition) is 3. The quantitative estimate of drug-likeness (QED) is 0.815. The van der Waals surface area contributed by atoms with E-state index in [9.17, 15) is 9.59 Å². The minimum absolute atomic E-state index is 0.190. The summed E-state index contributed by atoms with van der Waals surface area (Å²) in [6.45, 7) is 5.48. The smallest absolute Gasteiger partial charge is 0.326 e. The topological polar surface area (TPSA) is 79.5 Å². The molecule has 1 rings (SSSR count). The zero-order chi connectivity index (χ0) is 13.7. The van der Waals surface area contributed by atoms with Gasteiger partial charge in [0.05, 0.1) is 0 Å². The third kappa shape index (κ3) is 3.61. The Morgan fingerprint density at radius 3 is 2.56 bits per heavy atom. The lowest BCUT2D eigenvalue weighted by Crippen LogP contribution is -2.40. The fraction of sp³-hybridized carbons (Fsp3) is 0.538. The van der Waals surface area contributed by atoms with Gasteiger partial charge in [0.15, 0.2) is 5.76 Å². The van der Waals surface area contributed by atoms with Crippen molar-refractivity contribution in [3.63, 3.8) is 0 Å². The number of hydrogen-bond donors (Lipinski definition) is 2. The highest BCUT2D eigenvalue weighted by Gasteiger charge is 2.22. The van der Waals surface area contributed by atoms with Gasteiger partial charge in [-0.05, 0) is 26.3 Å². The summed E-state index contributed by atoms with van der Waals surface area (Å²) in [6, 6.07) is 0.888. The average molecular weight is 253 g/mol. The van der Waals surface area contributed by atoms with Gasteiger partial charge in [-0.1, -0.05) is 19.8 Å². The Labute approximate surface area is 106 Å². The van der Waals surface area contributed by atoms with Crippen molar-refractivity contribution in [1.82, 2.24) is 5.32 Å². The summed E-state index contributed by atoms with van der Waals surface area (Å²) >= 11 is 0. The first-order valence-electron chi connectivity index (χ1n) is 6.06. The molecule has 0 radical (unpaired) electrons. The van der Waals surface area contributed by atoms with E-state index in [1.165, 1.54) is 0 Å². The monoisotopic (exact) mass is 253 g/mol. The number of unbranched alkanes of at least 4 members (excludes halogenated alkanes) is 1. The molecule has 0 bridgehead atoms. The molecule has 0 saturated heterocycles. The van der Waals surface area contributed by atoms with Gasteiger partial charge >= 0.3 is 5.97 Å². The molecule has 0 spiro atoms. The second kappa shape index (κ2) is 6.23. The summed E-state index contributed by atoms with van der Waals surface area (Å²) in [7, 11) is 0. The van der Waals surface area contributed by atoms with Crippen LogP contribution in [0.15, 0.2) is 10.5 Å². The minimum atomic E-state index is -1.02. The van der Waals surface area contributed by atoms with Crippen molar-refractivity contribution in [2.75, 3.05) is 0 Å². The summed E-state index contributed by atoms with van der Waals surface area (Å²) in [4.78, 5) is 22.9. The molecular weight excluding hydrogens is 234 g/mol. The second-order valence-corrected chi connectivity index (χ2v) is 4.38. The maximum Gasteiger partial charge on any atom is 0.326 e. The Morgan fingerprint density at radius 1 is 1.44 bits per heavy atom. The molecule has 1 aromatic rings. The summed E-state index contributed by atoms with van der Waals surface area (Å²) in [6.07, 6.45) is 2.07. The van der Waals surface area contributed by atoms with E-state index in [1.54, 1.807) is 19.9 Å². The van der Waals surface area contributed by atoms with Crippen LogP contribution in [0.25, 0.3) is 0 Å². The van der Waals surface area contributed by atoms with Gasteiger partial charge in [-0.2, -0.15) is 0 Å². The van der Waals surface area contributed by atoms with Crippen LogP contribution in [0.4, 0.5) is 0 Å². The molecular formula is C13H19NO4. The van der Waals surface area contributed by atoms with Gasteiger partial charge in [0.2, 0.25) is 0 Å². The van der Waals surface area contributed by atoms with Crippen molar-refractivity contribution in [1.29, 1.82) is 0 Å². The maximum atomic E-state index is 11.9. The molecule has 1 atom stereocenters. The summed E-state index contributed by atoms with van der Waals surface area (Å²) in [5, 5.41) is 11.5. The molecule has 5 heteroatoms. The zero-order valence-electron chi connectivity index (χ0n) is 10.9. The fourth-order valence-electron chi connectivity index (χ4n) is 1.76. The number of nitrogens with one attached hydrogen (secondary N) is 1. The summed E-state index contributed by atoms with van der Waals surface area (Å²) < 4.78 is 5.26. The standard InChI is InChI=1S/C13H19NO4/c1-4-5-6-10(13(16)17)14-12(15)11-8(2)7-9(3)18-11/h7,10H,4-6H2,1-3H3,(H,14,15)(H,16,17)/t10-/m0/s1. The molecule has 0 fully saturated rings. The SMILES string of the molecule is CCCC[C@H](NC(=O)c1oc(C)cc1C)C(=O)O. The maximum absolute atomic E-state index is 11.9. The number of rotatable bonds is 6. The predicted octanol–water partition coefficient (Wildman–Crippen LogP) is 2.27. The lowest BCUT2D eigenvalue weighted by molar-refractivity contribution is -0.139. The molecule has 0 unspecified atom stereocenters. The van der Waals surface area contributed by atoms with Crippen molar-refractivity contribution in [2.45, 2.75) is 46.1 Å². The molecule has 1 heterocycles. The van der Waals surface area contributed by atoms with Gasteiger partial charge in [0, 0.05) is 5.56 Å². The highest BCUT2D eigenvalue weighted by Crippen LogP contribution is 2.14. The van der Waals surface area contributed by atoms with Gasteiger partial charge in [-0.15, -0.1) is 0 Å². The van der Waals surface area contributed by atoms with Crippen LogP contribution in [0.2, 0.25) is 0 Å². The minimum Gasteiger partial charge on any atom is -0.480 e. The van der Waals surface area contributed by atoms with Gasteiger partial charge in [0.25, 0.3) is 5.91 Å². The van der Waals surface area contributed by atoms with Crippen LogP contribution < -0.4 is 5.32 Å². The van der Waals surface area contributed by atoms with Crippen LogP contribution in [0, 0.1) is 13.8 Å². The van der Waals surface area contributed by atoms with Crippen molar-refractivity contribution in [3.8, 4) is 0 Å². The van der Waals surface area contributed by atoms with E-state index in [0.29, 0.717) is 17.7 Å². The summed E-state index contributed by atoms with van der Waals surface area (Å²) in [5.41, 5.74) is 0.713. The Balaban J connectivity index is 2.72. The third-order valence-electron chi connectivity index (χ3n) is 2.70. The molecule has 0 saturated carbocycles. The van der Waals surface area contributed by atoms with Crippen LogP contribution in [0.5, 0.6) is 0 Å². The number of amides is 1. The van der Waals surface area contributed by atoms with Gasteiger partial charge in [0.1, 0.15) is 11.8 Å². The Bertz CT molecular complexity index is 436. The van der Waals surface area contributed by atoms with Gasteiger partial charge in [-0.25, -0.2) is 4.79 Å². The van der Waals surface area contributed by atoms with Crippen LogP contribution in [0.1, 0.15) is 48.1 Å². The van der Waals surface area contributed by atoms with Gasteiger partial charge in [-0.3, -0.25) is 4.79 Å². The normalized spacial score (nSPS) is 12.2. The van der Waals surface area contributed by atoms with E-state index in [-0.39, 0.29) is 5.76 Å². The number of carboxylic acids is 1. The highest BCUT2D eigenvalue weighted by atomic mass is 16.4. The Hall–Kier alpha value is -1.78. The lowest BCUT2D eigenvalue weighted by atomic mass is 10.1. The van der Waals surface area contributed by atoms with E-state index in [2.05, 4.69) is 5.32 Å². The summed E-state index contributed by atoms with van der Waals surface area (Å²) in [5.74, 6) is -0.657. The number of carbonyl (C=O) groups excluding carboxylic acids is 1. The third-order valence-corrected chi connectivity index (χ3v) is 2.70. The molecule has 0 aliphatic rings. The number of aliphatic carboxylic acids is 1. The first-order chi connectivity index (χ1) is 8.45. The molecule has 18 heavy (non-hydrogen) atoms. The highest BCUT2D eigenvalue weighted by molar-refractivity contribution is 5.95. The molecule has 0 aromatic carbocycles. The number of furan rings is 1. The number of carboxylic acid groups (broad SMARTS) is 1. The molecule has 0 aliphatic heterocycles. The Morgan fingerprint density at radius 2 is 2.11 bits per heavy atom. The number of aryl methyl sites for hydroxylation is 2. The largest absolute Gasteiger partial charge is 0.480 e. The van der Waals surface area contributed by atoms with E-state index in [4.69, 9.17) is 9.52 Å². The van der Waals surface area contributed by atoms with E-state index >= 15 is 0 Å². The molecule has 1 amide bonds. The van der Waals surface area contributed by atoms with Gasteiger partial charge < -0.3 is 14.8 Å². The van der Waals surface area contributed by atoms with Crippen molar-refractivity contribution in [2.24, 2.45) is 0 Å². The van der Waals surface area contributed by atoms with E-state index < -0.39 is 17.9 Å². The molecule has 100 valence electrons. The van der Waals surface area contributed by atoms with Crippen molar-refractivity contribution in [3.05, 3.63) is 23.2 Å². The van der Waals surface area contributed by atoms with Crippen LogP contribution in [0.3, 0.4) is 0 Å². The van der Waals surface area contributed by atoms with Crippen LogP contribution in [-0.4, -0.2) is 23.0 Å². The first kappa shape index (κ1) is 14.3. The average Bonchev–Trinajstić information content (AvgIpc) is 2.63. The van der Waals surface area contributed by atoms with Crippen molar-refractivity contribution < 1.29 is 19.1 Å². The lowest BCUT2D eigenvalue weighted by Gasteiger charge is -2.13. The first-order valence-corrected chi connectivity index (χ1v) is 6.06. The van der Waals surface area contributed by atoms with Crippen LogP contribution in [-0.2, 0) is 4.79 Å². The fourth-order valence-corrected chi connectivity index (χ4v) is 1.76. The van der Waals surface area contributed by atoms with Crippen molar-refractivity contribution >= 4 is 11.9 Å².